The first kappa shape index (κ1) is 23.8. The molecule has 4 heterocycles. The van der Waals surface area contributed by atoms with Crippen molar-refractivity contribution in [3.8, 4) is 0 Å². The summed E-state index contributed by atoms with van der Waals surface area (Å²) in [4.78, 5) is 21.4. The van der Waals surface area contributed by atoms with Crippen molar-refractivity contribution in [1.29, 1.82) is 0 Å². The largest absolute Gasteiger partial charge is 0.376 e. The lowest BCUT2D eigenvalue weighted by Crippen LogP contribution is -2.49. The standard InChI is InChI=1S/C28H33N7O2/c1-2-20-10-11-25-21(17-20)18-24(28(36)29-25)26(27-30-31-32-35(27)19-23-9-6-16-37-23)34-14-12-33(13-15-34)22-7-4-3-5-8-22/h3-5,7-8,10-11,17-18,23,26H,2,6,9,12-16,19H2,1H3,(H,29,36)/t23-,26+/m0/s1. The van der Waals surface area contributed by atoms with E-state index in [2.05, 4.69) is 73.6 Å². The number of benzene rings is 2. The van der Waals surface area contributed by atoms with E-state index < -0.39 is 0 Å². The van der Waals surface area contributed by atoms with Gasteiger partial charge in [-0.3, -0.25) is 9.69 Å². The monoisotopic (exact) mass is 499 g/mol. The maximum absolute atomic E-state index is 13.5. The van der Waals surface area contributed by atoms with Gasteiger partial charge in [0.25, 0.3) is 5.56 Å². The Morgan fingerprint density at radius 3 is 2.68 bits per heavy atom. The molecule has 2 aromatic heterocycles. The Labute approximate surface area is 216 Å². The van der Waals surface area contributed by atoms with Crippen LogP contribution < -0.4 is 10.5 Å². The number of fused-ring (bicyclic) bond motifs is 1. The molecule has 9 nitrogen and oxygen atoms in total. The number of hydrogen-bond acceptors (Lipinski definition) is 7. The fourth-order valence-electron chi connectivity index (χ4n) is 5.59. The second-order valence-electron chi connectivity index (χ2n) is 9.94. The maximum Gasteiger partial charge on any atom is 0.253 e. The number of aromatic nitrogens is 5. The van der Waals surface area contributed by atoms with Crippen molar-refractivity contribution in [1.82, 2.24) is 30.1 Å². The average Bonchev–Trinajstić information content (AvgIpc) is 3.63. The molecule has 0 amide bonds. The molecule has 4 aromatic rings. The number of para-hydroxylation sites is 1. The molecule has 2 saturated heterocycles. The minimum Gasteiger partial charge on any atom is -0.376 e. The van der Waals surface area contributed by atoms with E-state index in [9.17, 15) is 4.79 Å². The van der Waals surface area contributed by atoms with Gasteiger partial charge in [-0.05, 0) is 71.0 Å². The van der Waals surface area contributed by atoms with Gasteiger partial charge in [-0.25, -0.2) is 4.68 Å². The number of aromatic amines is 1. The zero-order valence-corrected chi connectivity index (χ0v) is 21.2. The van der Waals surface area contributed by atoms with Gasteiger partial charge in [-0.2, -0.15) is 0 Å². The Hall–Kier alpha value is -3.56. The minimum absolute atomic E-state index is 0.0971. The number of anilines is 1. The highest BCUT2D eigenvalue weighted by molar-refractivity contribution is 5.80. The molecule has 0 unspecified atom stereocenters. The Bertz CT molecular complexity index is 1400. The number of H-pyrrole nitrogens is 1. The van der Waals surface area contributed by atoms with E-state index in [-0.39, 0.29) is 17.7 Å². The fraction of sp³-hybridized carbons (Fsp3) is 0.429. The van der Waals surface area contributed by atoms with Crippen molar-refractivity contribution < 1.29 is 4.74 Å². The molecule has 0 saturated carbocycles. The van der Waals surface area contributed by atoms with Crippen molar-refractivity contribution in [2.75, 3.05) is 37.7 Å². The van der Waals surface area contributed by atoms with Crippen LogP contribution in [0.2, 0.25) is 0 Å². The summed E-state index contributed by atoms with van der Waals surface area (Å²) >= 11 is 0. The lowest BCUT2D eigenvalue weighted by molar-refractivity contribution is 0.0906. The Morgan fingerprint density at radius 2 is 1.92 bits per heavy atom. The van der Waals surface area contributed by atoms with Gasteiger partial charge in [-0.15, -0.1) is 5.10 Å². The number of nitrogens with one attached hydrogen (secondary N) is 1. The number of rotatable bonds is 7. The first-order valence-electron chi connectivity index (χ1n) is 13.3. The van der Waals surface area contributed by atoms with Crippen molar-refractivity contribution in [2.24, 2.45) is 0 Å². The summed E-state index contributed by atoms with van der Waals surface area (Å²) in [6.45, 7) is 6.81. The van der Waals surface area contributed by atoms with E-state index in [0.717, 1.165) is 63.0 Å². The molecular formula is C28H33N7O2. The molecule has 2 aliphatic heterocycles. The van der Waals surface area contributed by atoms with Crippen molar-refractivity contribution >= 4 is 16.6 Å². The van der Waals surface area contributed by atoms with Crippen LogP contribution in [-0.4, -0.2) is 69.0 Å². The summed E-state index contributed by atoms with van der Waals surface area (Å²) in [5, 5.41) is 13.9. The number of ether oxygens (including phenoxy) is 1. The zero-order valence-electron chi connectivity index (χ0n) is 21.2. The van der Waals surface area contributed by atoms with Gasteiger partial charge in [0.2, 0.25) is 0 Å². The second-order valence-corrected chi connectivity index (χ2v) is 9.94. The molecule has 0 radical (unpaired) electrons. The van der Waals surface area contributed by atoms with Crippen LogP contribution in [-0.2, 0) is 17.7 Å². The van der Waals surface area contributed by atoms with Crippen molar-refractivity contribution in [3.63, 3.8) is 0 Å². The predicted octanol–water partition coefficient (Wildman–Crippen LogP) is 3.17. The number of tetrazole rings is 1. The van der Waals surface area contributed by atoms with E-state index in [1.165, 1.54) is 11.3 Å². The van der Waals surface area contributed by atoms with Gasteiger partial charge in [0.15, 0.2) is 5.82 Å². The molecule has 0 aliphatic carbocycles. The fourth-order valence-corrected chi connectivity index (χ4v) is 5.59. The number of nitrogens with zero attached hydrogens (tertiary/aromatic N) is 6. The van der Waals surface area contributed by atoms with E-state index in [0.29, 0.717) is 17.9 Å². The van der Waals surface area contributed by atoms with Crippen molar-refractivity contribution in [3.05, 3.63) is 81.9 Å². The Morgan fingerprint density at radius 1 is 1.08 bits per heavy atom. The van der Waals surface area contributed by atoms with Crippen LogP contribution in [0.5, 0.6) is 0 Å². The van der Waals surface area contributed by atoms with E-state index in [1.807, 2.05) is 22.9 Å². The maximum atomic E-state index is 13.5. The summed E-state index contributed by atoms with van der Waals surface area (Å²) in [5.41, 5.74) is 3.88. The lowest BCUT2D eigenvalue weighted by Gasteiger charge is -2.39. The molecular weight excluding hydrogens is 466 g/mol. The quantitative estimate of drug-likeness (QED) is 0.418. The van der Waals surface area contributed by atoms with Gasteiger partial charge < -0.3 is 14.6 Å². The number of piperazine rings is 1. The molecule has 6 rings (SSSR count). The summed E-state index contributed by atoms with van der Waals surface area (Å²) in [6.07, 6.45) is 3.09. The molecule has 2 fully saturated rings. The summed E-state index contributed by atoms with van der Waals surface area (Å²) < 4.78 is 7.72. The van der Waals surface area contributed by atoms with Crippen LogP contribution in [0.25, 0.3) is 10.9 Å². The van der Waals surface area contributed by atoms with Gasteiger partial charge >= 0.3 is 0 Å². The molecule has 0 bridgehead atoms. The highest BCUT2D eigenvalue weighted by Crippen LogP contribution is 2.29. The summed E-state index contributed by atoms with van der Waals surface area (Å²) in [6, 6.07) is 18.4. The van der Waals surface area contributed by atoms with Gasteiger partial charge in [-0.1, -0.05) is 31.2 Å². The molecule has 0 spiro atoms. The van der Waals surface area contributed by atoms with Crippen LogP contribution in [0.4, 0.5) is 5.69 Å². The van der Waals surface area contributed by atoms with Crippen LogP contribution in [0.1, 0.15) is 42.8 Å². The second kappa shape index (κ2) is 10.4. The summed E-state index contributed by atoms with van der Waals surface area (Å²) in [7, 11) is 0. The third-order valence-corrected chi connectivity index (χ3v) is 7.65. The third kappa shape index (κ3) is 4.89. The normalized spacial score (nSPS) is 19.5. The van der Waals surface area contributed by atoms with E-state index >= 15 is 0 Å². The third-order valence-electron chi connectivity index (χ3n) is 7.65. The molecule has 1 N–H and O–H groups in total. The zero-order chi connectivity index (χ0) is 25.2. The molecule has 37 heavy (non-hydrogen) atoms. The van der Waals surface area contributed by atoms with Gasteiger partial charge in [0, 0.05) is 49.6 Å². The van der Waals surface area contributed by atoms with Crippen LogP contribution >= 0.6 is 0 Å². The minimum atomic E-state index is -0.354. The lowest BCUT2D eigenvalue weighted by atomic mass is 10.0. The SMILES string of the molecule is CCc1ccc2[nH]c(=O)c([C@H](c3nnnn3C[C@@H]3CCCO3)N3CCN(c4ccccc4)CC3)cc2c1. The smallest absolute Gasteiger partial charge is 0.253 e. The average molecular weight is 500 g/mol. The predicted molar refractivity (Wildman–Crippen MR) is 143 cm³/mol. The number of hydrogen-bond donors (Lipinski definition) is 1. The molecule has 2 aliphatic rings. The molecule has 192 valence electrons. The first-order chi connectivity index (χ1) is 18.2. The van der Waals surface area contributed by atoms with Gasteiger partial charge in [0.1, 0.15) is 6.04 Å². The van der Waals surface area contributed by atoms with Crippen molar-refractivity contribution in [2.45, 2.75) is 44.9 Å². The van der Waals surface area contributed by atoms with Gasteiger partial charge in [0.05, 0.1) is 12.6 Å². The van der Waals surface area contributed by atoms with E-state index in [1.54, 1.807) is 0 Å². The molecule has 9 heteroatoms. The van der Waals surface area contributed by atoms with E-state index in [4.69, 9.17) is 4.74 Å². The number of aryl methyl sites for hydroxylation is 1. The number of pyridine rings is 1. The first-order valence-corrected chi connectivity index (χ1v) is 13.3. The topological polar surface area (TPSA) is 92.2 Å². The molecule has 2 atom stereocenters. The van der Waals surface area contributed by atoms with Crippen LogP contribution in [0.15, 0.2) is 59.4 Å². The highest BCUT2D eigenvalue weighted by atomic mass is 16.5. The Balaban J connectivity index is 1.38. The molecule has 2 aromatic carbocycles. The Kier molecular flexibility index (Phi) is 6.72. The van der Waals surface area contributed by atoms with Crippen LogP contribution in [0.3, 0.4) is 0 Å². The summed E-state index contributed by atoms with van der Waals surface area (Å²) in [5.74, 6) is 0.695. The van der Waals surface area contributed by atoms with Crippen LogP contribution in [0, 0.1) is 0 Å². The highest BCUT2D eigenvalue weighted by Gasteiger charge is 2.33.